The Morgan fingerprint density at radius 2 is 2.05 bits per heavy atom. The van der Waals surface area contributed by atoms with Gasteiger partial charge in [0.2, 0.25) is 5.91 Å². The zero-order valence-electron chi connectivity index (χ0n) is 11.5. The van der Waals surface area contributed by atoms with Crippen LogP contribution >= 0.6 is 12.6 Å². The SMILES string of the molecule is CCN(CC(=O)NC(C)C)C(=O)c1cccc(S)c1. The summed E-state index contributed by atoms with van der Waals surface area (Å²) in [5, 5.41) is 2.78. The van der Waals surface area contributed by atoms with E-state index in [0.717, 1.165) is 4.90 Å². The summed E-state index contributed by atoms with van der Waals surface area (Å²) in [7, 11) is 0. The molecule has 1 aromatic carbocycles. The van der Waals surface area contributed by atoms with E-state index in [1.54, 1.807) is 18.2 Å². The summed E-state index contributed by atoms with van der Waals surface area (Å²) in [6.45, 7) is 6.19. The molecule has 0 radical (unpaired) electrons. The first-order chi connectivity index (χ1) is 8.93. The topological polar surface area (TPSA) is 49.4 Å². The molecule has 0 bridgehead atoms. The number of hydrogen-bond donors (Lipinski definition) is 2. The maximum atomic E-state index is 12.3. The minimum absolute atomic E-state index is 0.0714. The highest BCUT2D eigenvalue weighted by Crippen LogP contribution is 2.11. The summed E-state index contributed by atoms with van der Waals surface area (Å²) in [6, 6.07) is 7.08. The standard InChI is InChI=1S/C14H20N2O2S/c1-4-16(9-13(17)15-10(2)3)14(18)11-6-5-7-12(19)8-11/h5-8,10,19H,4,9H2,1-3H3,(H,15,17). The third-order valence-electron chi connectivity index (χ3n) is 2.55. The lowest BCUT2D eigenvalue weighted by atomic mass is 10.2. The molecular formula is C14H20N2O2S. The Labute approximate surface area is 119 Å². The molecule has 0 fully saturated rings. The summed E-state index contributed by atoms with van der Waals surface area (Å²) in [5.74, 6) is -0.301. The minimum Gasteiger partial charge on any atom is -0.352 e. The van der Waals surface area contributed by atoms with E-state index in [2.05, 4.69) is 17.9 Å². The van der Waals surface area contributed by atoms with Crippen molar-refractivity contribution in [2.24, 2.45) is 0 Å². The van der Waals surface area contributed by atoms with E-state index in [4.69, 9.17) is 0 Å². The fourth-order valence-corrected chi connectivity index (χ4v) is 1.91. The van der Waals surface area contributed by atoms with Crippen molar-refractivity contribution in [3.63, 3.8) is 0 Å². The summed E-state index contributed by atoms with van der Waals surface area (Å²) in [4.78, 5) is 26.2. The van der Waals surface area contributed by atoms with Gasteiger partial charge >= 0.3 is 0 Å². The minimum atomic E-state index is -0.155. The molecule has 1 aromatic rings. The first kappa shape index (κ1) is 15.6. The molecule has 1 N–H and O–H groups in total. The molecule has 2 amide bonds. The molecule has 5 heteroatoms. The number of likely N-dealkylation sites (N-methyl/N-ethyl adjacent to an activating group) is 1. The third-order valence-corrected chi connectivity index (χ3v) is 2.82. The highest BCUT2D eigenvalue weighted by molar-refractivity contribution is 7.80. The smallest absolute Gasteiger partial charge is 0.254 e. The maximum Gasteiger partial charge on any atom is 0.254 e. The van der Waals surface area contributed by atoms with E-state index < -0.39 is 0 Å². The Bertz CT molecular complexity index is 461. The van der Waals surface area contributed by atoms with Gasteiger partial charge in [0.05, 0.1) is 6.54 Å². The van der Waals surface area contributed by atoms with Crippen LogP contribution in [0.4, 0.5) is 0 Å². The molecule has 0 atom stereocenters. The molecule has 0 aliphatic carbocycles. The number of nitrogens with one attached hydrogen (secondary N) is 1. The summed E-state index contributed by atoms with van der Waals surface area (Å²) in [5.41, 5.74) is 0.548. The number of carbonyl (C=O) groups is 2. The van der Waals surface area contributed by atoms with Crippen LogP contribution in [-0.2, 0) is 4.79 Å². The van der Waals surface area contributed by atoms with Crippen molar-refractivity contribution in [1.82, 2.24) is 10.2 Å². The maximum absolute atomic E-state index is 12.3. The fourth-order valence-electron chi connectivity index (χ4n) is 1.69. The van der Waals surface area contributed by atoms with E-state index in [-0.39, 0.29) is 24.4 Å². The van der Waals surface area contributed by atoms with Crippen molar-refractivity contribution < 1.29 is 9.59 Å². The van der Waals surface area contributed by atoms with E-state index >= 15 is 0 Å². The summed E-state index contributed by atoms with van der Waals surface area (Å²) >= 11 is 4.21. The number of carbonyl (C=O) groups excluding carboxylic acids is 2. The lowest BCUT2D eigenvalue weighted by Crippen LogP contribution is -2.42. The molecule has 0 heterocycles. The van der Waals surface area contributed by atoms with E-state index in [0.29, 0.717) is 12.1 Å². The molecule has 19 heavy (non-hydrogen) atoms. The molecule has 0 aromatic heterocycles. The zero-order valence-corrected chi connectivity index (χ0v) is 12.4. The number of hydrogen-bond acceptors (Lipinski definition) is 3. The monoisotopic (exact) mass is 280 g/mol. The largest absolute Gasteiger partial charge is 0.352 e. The summed E-state index contributed by atoms with van der Waals surface area (Å²) in [6.07, 6.45) is 0. The molecule has 0 saturated heterocycles. The first-order valence-corrected chi connectivity index (χ1v) is 6.76. The number of amides is 2. The third kappa shape index (κ3) is 4.95. The van der Waals surface area contributed by atoms with Gasteiger partial charge < -0.3 is 10.2 Å². The Hall–Kier alpha value is -1.49. The predicted octanol–water partition coefficient (Wildman–Crippen LogP) is 1.96. The van der Waals surface area contributed by atoms with Gasteiger partial charge in [0.15, 0.2) is 0 Å². The van der Waals surface area contributed by atoms with Gasteiger partial charge in [-0.25, -0.2) is 0 Å². The number of rotatable bonds is 5. The van der Waals surface area contributed by atoms with Crippen LogP contribution in [0.15, 0.2) is 29.2 Å². The average molecular weight is 280 g/mol. The quantitative estimate of drug-likeness (QED) is 0.810. The lowest BCUT2D eigenvalue weighted by Gasteiger charge is -2.21. The first-order valence-electron chi connectivity index (χ1n) is 6.31. The Morgan fingerprint density at radius 3 is 2.58 bits per heavy atom. The molecule has 4 nitrogen and oxygen atoms in total. The molecule has 0 spiro atoms. The molecule has 0 aliphatic rings. The second-order valence-corrected chi connectivity index (χ2v) is 5.11. The molecule has 104 valence electrons. The van der Waals surface area contributed by atoms with Gasteiger partial charge in [0.1, 0.15) is 0 Å². The van der Waals surface area contributed by atoms with Crippen LogP contribution in [0, 0.1) is 0 Å². The number of thiol groups is 1. The summed E-state index contributed by atoms with van der Waals surface area (Å²) < 4.78 is 0. The van der Waals surface area contributed by atoms with Crippen LogP contribution in [0.25, 0.3) is 0 Å². The van der Waals surface area contributed by atoms with Crippen LogP contribution in [0.3, 0.4) is 0 Å². The van der Waals surface area contributed by atoms with Crippen LogP contribution in [0.2, 0.25) is 0 Å². The van der Waals surface area contributed by atoms with Crippen LogP contribution < -0.4 is 5.32 Å². The van der Waals surface area contributed by atoms with Crippen molar-refractivity contribution in [2.75, 3.05) is 13.1 Å². The molecular weight excluding hydrogens is 260 g/mol. The predicted molar refractivity (Wildman–Crippen MR) is 78.6 cm³/mol. The van der Waals surface area contributed by atoms with Crippen LogP contribution in [0.5, 0.6) is 0 Å². The number of nitrogens with zero attached hydrogens (tertiary/aromatic N) is 1. The van der Waals surface area contributed by atoms with Crippen molar-refractivity contribution in [3.05, 3.63) is 29.8 Å². The van der Waals surface area contributed by atoms with E-state index in [1.165, 1.54) is 4.90 Å². The van der Waals surface area contributed by atoms with Gasteiger partial charge in [0, 0.05) is 23.0 Å². The van der Waals surface area contributed by atoms with Gasteiger partial charge in [-0.2, -0.15) is 0 Å². The highest BCUT2D eigenvalue weighted by Gasteiger charge is 2.17. The van der Waals surface area contributed by atoms with Crippen molar-refractivity contribution in [1.29, 1.82) is 0 Å². The zero-order chi connectivity index (χ0) is 14.4. The van der Waals surface area contributed by atoms with Crippen LogP contribution in [0.1, 0.15) is 31.1 Å². The van der Waals surface area contributed by atoms with E-state index in [1.807, 2.05) is 26.8 Å². The highest BCUT2D eigenvalue weighted by atomic mass is 32.1. The number of benzene rings is 1. The van der Waals surface area contributed by atoms with Crippen molar-refractivity contribution >= 4 is 24.4 Å². The lowest BCUT2D eigenvalue weighted by molar-refractivity contribution is -0.122. The molecule has 0 saturated carbocycles. The van der Waals surface area contributed by atoms with Crippen molar-refractivity contribution in [3.8, 4) is 0 Å². The Morgan fingerprint density at radius 1 is 1.37 bits per heavy atom. The average Bonchev–Trinajstić information content (AvgIpc) is 2.34. The van der Waals surface area contributed by atoms with Gasteiger partial charge in [-0.05, 0) is 39.0 Å². The fraction of sp³-hybridized carbons (Fsp3) is 0.429. The van der Waals surface area contributed by atoms with Gasteiger partial charge in [-0.3, -0.25) is 9.59 Å². The van der Waals surface area contributed by atoms with Crippen molar-refractivity contribution in [2.45, 2.75) is 31.7 Å². The Kier molecular flexibility index (Phi) is 5.89. The Balaban J connectivity index is 2.74. The van der Waals surface area contributed by atoms with Crippen LogP contribution in [-0.4, -0.2) is 35.8 Å². The molecule has 0 unspecified atom stereocenters. The van der Waals surface area contributed by atoms with Gasteiger partial charge in [-0.15, -0.1) is 12.6 Å². The normalized spacial score (nSPS) is 10.4. The molecule has 0 aliphatic heterocycles. The van der Waals surface area contributed by atoms with Gasteiger partial charge in [-0.1, -0.05) is 6.07 Å². The second kappa shape index (κ2) is 7.19. The molecule has 1 rings (SSSR count). The second-order valence-electron chi connectivity index (χ2n) is 4.59. The van der Waals surface area contributed by atoms with Gasteiger partial charge in [0.25, 0.3) is 5.91 Å². The van der Waals surface area contributed by atoms with E-state index in [9.17, 15) is 9.59 Å².